The van der Waals surface area contributed by atoms with E-state index in [4.69, 9.17) is 16.0 Å². The van der Waals surface area contributed by atoms with Gasteiger partial charge in [0.05, 0.1) is 17.5 Å². The summed E-state index contributed by atoms with van der Waals surface area (Å²) >= 11 is 5.95. The van der Waals surface area contributed by atoms with Crippen LogP contribution in [0.1, 0.15) is 10.4 Å². The van der Waals surface area contributed by atoms with Crippen molar-refractivity contribution in [3.63, 3.8) is 0 Å². The first-order valence-corrected chi connectivity index (χ1v) is 7.76. The molecule has 0 saturated carbocycles. The van der Waals surface area contributed by atoms with E-state index in [1.165, 1.54) is 0 Å². The Morgan fingerprint density at radius 3 is 2.75 bits per heavy atom. The molecule has 0 spiro atoms. The van der Waals surface area contributed by atoms with E-state index in [-0.39, 0.29) is 5.91 Å². The number of aromatic nitrogens is 1. The van der Waals surface area contributed by atoms with Crippen LogP contribution < -0.4 is 5.32 Å². The number of benzene rings is 1. The Morgan fingerprint density at radius 1 is 1.29 bits per heavy atom. The van der Waals surface area contributed by atoms with Gasteiger partial charge < -0.3 is 9.73 Å². The third-order valence-electron chi connectivity index (χ3n) is 3.46. The van der Waals surface area contributed by atoms with Crippen molar-refractivity contribution in [3.05, 3.63) is 78.2 Å². The number of halogens is 1. The topological polar surface area (TPSA) is 55.1 Å². The number of rotatable bonds is 5. The number of amides is 1. The van der Waals surface area contributed by atoms with Crippen LogP contribution in [-0.2, 0) is 0 Å². The van der Waals surface area contributed by atoms with Gasteiger partial charge in [-0.3, -0.25) is 9.78 Å². The minimum absolute atomic E-state index is 0.210. The molecule has 24 heavy (non-hydrogen) atoms. The Bertz CT molecular complexity index is 856. The highest BCUT2D eigenvalue weighted by molar-refractivity contribution is 6.30. The molecule has 3 aromatic rings. The Hall–Kier alpha value is -2.85. The quantitative estimate of drug-likeness (QED) is 0.693. The lowest BCUT2D eigenvalue weighted by Gasteiger charge is -2.10. The maximum atomic E-state index is 12.2. The second kappa shape index (κ2) is 7.15. The van der Waals surface area contributed by atoms with E-state index < -0.39 is 0 Å². The van der Waals surface area contributed by atoms with E-state index in [1.807, 2.05) is 18.2 Å². The molecule has 0 unspecified atom stereocenters. The van der Waals surface area contributed by atoms with Gasteiger partial charge in [0.15, 0.2) is 0 Å². The average molecular weight is 339 g/mol. The molecule has 2 heterocycles. The molecule has 0 radical (unpaired) electrons. The van der Waals surface area contributed by atoms with Gasteiger partial charge in [-0.05, 0) is 30.3 Å². The fourth-order valence-corrected chi connectivity index (χ4v) is 2.44. The lowest BCUT2D eigenvalue weighted by molar-refractivity contribution is 0.0957. The van der Waals surface area contributed by atoms with Gasteiger partial charge in [0.25, 0.3) is 5.91 Å². The summed E-state index contributed by atoms with van der Waals surface area (Å²) in [4.78, 5) is 16.6. The standard InChI is InChI=1S/C19H15ClN2O2/c1-2-9-21-19(23)14-11-16(17-4-3-10-24-17)18(22-12-14)13-5-7-15(20)8-6-13/h2-8,10-12H,1,9H2,(H,21,23). The minimum atomic E-state index is -0.210. The molecule has 0 atom stereocenters. The van der Waals surface area contributed by atoms with Gasteiger partial charge in [-0.25, -0.2) is 0 Å². The number of pyridine rings is 1. The molecule has 0 saturated heterocycles. The first-order chi connectivity index (χ1) is 11.7. The lowest BCUT2D eigenvalue weighted by atomic mass is 10.0. The van der Waals surface area contributed by atoms with Crippen molar-refractivity contribution >= 4 is 17.5 Å². The smallest absolute Gasteiger partial charge is 0.253 e. The minimum Gasteiger partial charge on any atom is -0.464 e. The molecule has 0 aliphatic rings. The normalized spacial score (nSPS) is 10.4. The van der Waals surface area contributed by atoms with E-state index >= 15 is 0 Å². The van der Waals surface area contributed by atoms with Crippen molar-refractivity contribution in [3.8, 4) is 22.6 Å². The van der Waals surface area contributed by atoms with E-state index in [1.54, 1.807) is 42.8 Å². The second-order valence-electron chi connectivity index (χ2n) is 5.10. The van der Waals surface area contributed by atoms with Crippen LogP contribution in [0.15, 0.2) is 72.0 Å². The fraction of sp³-hybridized carbons (Fsp3) is 0.0526. The number of nitrogens with one attached hydrogen (secondary N) is 1. The molecule has 4 nitrogen and oxygen atoms in total. The summed E-state index contributed by atoms with van der Waals surface area (Å²) in [6, 6.07) is 12.8. The monoisotopic (exact) mass is 338 g/mol. The zero-order valence-corrected chi connectivity index (χ0v) is 13.6. The molecule has 120 valence electrons. The summed E-state index contributed by atoms with van der Waals surface area (Å²) in [6.45, 7) is 3.99. The molecule has 0 aliphatic carbocycles. The Balaban J connectivity index is 2.07. The van der Waals surface area contributed by atoms with Crippen LogP contribution in [0.4, 0.5) is 0 Å². The highest BCUT2D eigenvalue weighted by Gasteiger charge is 2.15. The van der Waals surface area contributed by atoms with Crippen molar-refractivity contribution in [1.82, 2.24) is 10.3 Å². The number of hydrogen-bond acceptors (Lipinski definition) is 3. The zero-order chi connectivity index (χ0) is 16.9. The van der Waals surface area contributed by atoms with E-state index in [9.17, 15) is 4.79 Å². The van der Waals surface area contributed by atoms with Crippen LogP contribution in [0.25, 0.3) is 22.6 Å². The van der Waals surface area contributed by atoms with Gasteiger partial charge in [-0.15, -0.1) is 6.58 Å². The summed E-state index contributed by atoms with van der Waals surface area (Å²) in [5, 5.41) is 3.39. The van der Waals surface area contributed by atoms with Crippen molar-refractivity contribution in [2.45, 2.75) is 0 Å². The van der Waals surface area contributed by atoms with Crippen molar-refractivity contribution in [2.24, 2.45) is 0 Å². The third-order valence-corrected chi connectivity index (χ3v) is 3.71. The van der Waals surface area contributed by atoms with E-state index in [0.29, 0.717) is 22.9 Å². The highest BCUT2D eigenvalue weighted by Crippen LogP contribution is 2.32. The summed E-state index contributed by atoms with van der Waals surface area (Å²) in [6.07, 6.45) is 4.76. The lowest BCUT2D eigenvalue weighted by Crippen LogP contribution is -2.23. The maximum absolute atomic E-state index is 12.2. The van der Waals surface area contributed by atoms with Crippen LogP contribution in [0.2, 0.25) is 5.02 Å². The number of carbonyl (C=O) groups is 1. The van der Waals surface area contributed by atoms with Gasteiger partial charge in [0.1, 0.15) is 5.76 Å². The van der Waals surface area contributed by atoms with Gasteiger partial charge in [0.2, 0.25) is 0 Å². The number of furan rings is 1. The highest BCUT2D eigenvalue weighted by atomic mass is 35.5. The first-order valence-electron chi connectivity index (χ1n) is 7.38. The molecule has 0 fully saturated rings. The maximum Gasteiger partial charge on any atom is 0.253 e. The van der Waals surface area contributed by atoms with Gasteiger partial charge in [-0.2, -0.15) is 0 Å². The molecule has 5 heteroatoms. The molecule has 2 aromatic heterocycles. The van der Waals surface area contributed by atoms with Crippen LogP contribution in [0, 0.1) is 0 Å². The van der Waals surface area contributed by atoms with Crippen molar-refractivity contribution < 1.29 is 9.21 Å². The van der Waals surface area contributed by atoms with Crippen molar-refractivity contribution in [2.75, 3.05) is 6.54 Å². The molecular formula is C19H15ClN2O2. The summed E-state index contributed by atoms with van der Waals surface area (Å²) in [5.74, 6) is 0.434. The molecule has 1 amide bonds. The van der Waals surface area contributed by atoms with E-state index in [0.717, 1.165) is 16.8 Å². The SMILES string of the molecule is C=CCNC(=O)c1cnc(-c2ccc(Cl)cc2)c(-c2ccco2)c1. The average Bonchev–Trinajstić information content (AvgIpc) is 3.14. The third kappa shape index (κ3) is 3.39. The molecule has 1 aromatic carbocycles. The van der Waals surface area contributed by atoms with Crippen LogP contribution in [-0.4, -0.2) is 17.4 Å². The predicted octanol–water partition coefficient (Wildman–Crippen LogP) is 4.58. The number of nitrogens with zero attached hydrogens (tertiary/aromatic N) is 1. The van der Waals surface area contributed by atoms with E-state index in [2.05, 4.69) is 16.9 Å². The summed E-state index contributed by atoms with van der Waals surface area (Å²) in [7, 11) is 0. The van der Waals surface area contributed by atoms with Gasteiger partial charge >= 0.3 is 0 Å². The summed E-state index contributed by atoms with van der Waals surface area (Å²) < 4.78 is 5.51. The molecule has 3 rings (SSSR count). The Morgan fingerprint density at radius 2 is 2.08 bits per heavy atom. The van der Waals surface area contributed by atoms with Crippen LogP contribution in [0.5, 0.6) is 0 Å². The molecular weight excluding hydrogens is 324 g/mol. The van der Waals surface area contributed by atoms with Crippen LogP contribution >= 0.6 is 11.6 Å². The second-order valence-corrected chi connectivity index (χ2v) is 5.54. The van der Waals surface area contributed by atoms with Crippen LogP contribution in [0.3, 0.4) is 0 Å². The summed E-state index contributed by atoms with van der Waals surface area (Å²) in [5.41, 5.74) is 2.82. The number of carbonyl (C=O) groups excluding carboxylic acids is 1. The molecule has 0 bridgehead atoms. The van der Waals surface area contributed by atoms with Gasteiger partial charge in [0, 0.05) is 28.9 Å². The predicted molar refractivity (Wildman–Crippen MR) is 94.9 cm³/mol. The Kier molecular flexibility index (Phi) is 4.77. The first kappa shape index (κ1) is 16.0. The number of hydrogen-bond donors (Lipinski definition) is 1. The van der Waals surface area contributed by atoms with Crippen molar-refractivity contribution in [1.29, 1.82) is 0 Å². The zero-order valence-electron chi connectivity index (χ0n) is 12.8. The largest absolute Gasteiger partial charge is 0.464 e. The fourth-order valence-electron chi connectivity index (χ4n) is 2.31. The van der Waals surface area contributed by atoms with Gasteiger partial charge in [-0.1, -0.05) is 29.8 Å². The molecule has 0 aliphatic heterocycles. The molecule has 1 N–H and O–H groups in total. The Labute approximate surface area is 144 Å².